The van der Waals surface area contributed by atoms with E-state index in [0.717, 1.165) is 12.2 Å². The highest BCUT2D eigenvalue weighted by atomic mass is 16.5. The van der Waals surface area contributed by atoms with Crippen LogP contribution in [0.25, 0.3) is 0 Å². The van der Waals surface area contributed by atoms with Gasteiger partial charge in [0, 0.05) is 12.2 Å². The van der Waals surface area contributed by atoms with Gasteiger partial charge in [-0.2, -0.15) is 0 Å². The van der Waals surface area contributed by atoms with Crippen molar-refractivity contribution < 1.29 is 14.6 Å². The molecule has 0 spiro atoms. The molecule has 1 rings (SSSR count). The Morgan fingerprint density at radius 1 is 1.42 bits per heavy atom. The van der Waals surface area contributed by atoms with Crippen molar-refractivity contribution in [2.75, 3.05) is 33.1 Å². The van der Waals surface area contributed by atoms with Crippen LogP contribution in [0.2, 0.25) is 0 Å². The Morgan fingerprint density at radius 2 is 2.05 bits per heavy atom. The molecule has 0 aromatic heterocycles. The van der Waals surface area contributed by atoms with Crippen LogP contribution < -0.4 is 5.32 Å². The summed E-state index contributed by atoms with van der Waals surface area (Å²) >= 11 is 0. The molecule has 2 N–H and O–H groups in total. The van der Waals surface area contributed by atoms with E-state index in [4.69, 9.17) is 0 Å². The lowest BCUT2D eigenvalue weighted by Crippen LogP contribution is -2.17. The molecule has 0 heterocycles. The van der Waals surface area contributed by atoms with Crippen LogP contribution in [-0.4, -0.2) is 50.0 Å². The van der Waals surface area contributed by atoms with Gasteiger partial charge in [0.25, 0.3) is 0 Å². The van der Waals surface area contributed by atoms with Crippen molar-refractivity contribution in [1.82, 2.24) is 4.90 Å². The highest BCUT2D eigenvalue weighted by Crippen LogP contribution is 2.11. The van der Waals surface area contributed by atoms with E-state index in [1.165, 1.54) is 7.11 Å². The van der Waals surface area contributed by atoms with Gasteiger partial charge in [0.15, 0.2) is 0 Å². The van der Waals surface area contributed by atoms with Gasteiger partial charge in [-0.05, 0) is 44.4 Å². The number of rotatable bonds is 6. The fourth-order valence-electron chi connectivity index (χ4n) is 1.44. The maximum Gasteiger partial charge on any atom is 0.337 e. The number of likely N-dealkylation sites (N-methyl/N-ethyl adjacent to an activating group) is 1. The molecule has 0 aliphatic heterocycles. The Balaban J connectivity index is 2.53. The number of benzene rings is 1. The summed E-state index contributed by atoms with van der Waals surface area (Å²) in [4.78, 5) is 13.2. The third-order valence-corrected chi connectivity index (χ3v) is 2.41. The lowest BCUT2D eigenvalue weighted by molar-refractivity contribution is 0.0601. The third kappa shape index (κ3) is 5.54. The molecule has 0 aliphatic rings. The molecule has 19 heavy (non-hydrogen) atoms. The van der Waals surface area contributed by atoms with Crippen molar-refractivity contribution in [2.24, 2.45) is 0 Å². The molecule has 1 atom stereocenters. The number of nitrogens with one attached hydrogen (secondary N) is 1. The first kappa shape index (κ1) is 15.2. The molecule has 5 heteroatoms. The minimum Gasteiger partial charge on any atom is -0.465 e. The maximum atomic E-state index is 11.2. The number of esters is 1. The molecule has 1 aromatic rings. The number of carbonyl (C=O) groups excluding carboxylic acids is 1. The van der Waals surface area contributed by atoms with Gasteiger partial charge in [0.05, 0.1) is 12.7 Å². The largest absolute Gasteiger partial charge is 0.465 e. The van der Waals surface area contributed by atoms with Gasteiger partial charge in [0.2, 0.25) is 0 Å². The first-order valence-electron chi connectivity index (χ1n) is 5.97. The van der Waals surface area contributed by atoms with Crippen LogP contribution in [0.15, 0.2) is 36.4 Å². The van der Waals surface area contributed by atoms with E-state index in [2.05, 4.69) is 10.1 Å². The summed E-state index contributed by atoms with van der Waals surface area (Å²) < 4.78 is 4.61. The number of aliphatic hydroxyl groups is 1. The molecule has 1 aromatic carbocycles. The number of methoxy groups -OCH3 is 1. The van der Waals surface area contributed by atoms with Crippen LogP contribution in [-0.2, 0) is 4.74 Å². The van der Waals surface area contributed by atoms with Crippen LogP contribution in [0.5, 0.6) is 0 Å². The van der Waals surface area contributed by atoms with E-state index in [1.807, 2.05) is 25.1 Å². The smallest absolute Gasteiger partial charge is 0.337 e. The Kier molecular flexibility index (Phi) is 6.05. The average Bonchev–Trinajstić information content (AvgIpc) is 2.38. The zero-order chi connectivity index (χ0) is 14.3. The highest BCUT2D eigenvalue weighted by Gasteiger charge is 2.05. The van der Waals surface area contributed by atoms with Crippen LogP contribution in [0, 0.1) is 0 Å². The van der Waals surface area contributed by atoms with Crippen LogP contribution >= 0.6 is 0 Å². The monoisotopic (exact) mass is 264 g/mol. The predicted octanol–water partition coefficient (Wildman–Crippen LogP) is 1.32. The van der Waals surface area contributed by atoms with E-state index in [-0.39, 0.29) is 5.97 Å². The minimum atomic E-state index is -0.760. The molecule has 0 fully saturated rings. The fraction of sp³-hybridized carbons (Fsp3) is 0.357. The van der Waals surface area contributed by atoms with Gasteiger partial charge in [-0.3, -0.25) is 0 Å². The van der Waals surface area contributed by atoms with Gasteiger partial charge >= 0.3 is 5.97 Å². The Labute approximate surface area is 113 Å². The molecule has 0 aliphatic carbocycles. The fourth-order valence-corrected chi connectivity index (χ4v) is 1.44. The molecule has 0 saturated carbocycles. The van der Waals surface area contributed by atoms with Crippen LogP contribution in [0.4, 0.5) is 5.69 Å². The quantitative estimate of drug-likeness (QED) is 0.461. The molecule has 0 saturated heterocycles. The van der Waals surface area contributed by atoms with Crippen LogP contribution in [0.1, 0.15) is 10.4 Å². The van der Waals surface area contributed by atoms with Gasteiger partial charge in [-0.25, -0.2) is 4.79 Å². The van der Waals surface area contributed by atoms with Crippen molar-refractivity contribution in [1.29, 1.82) is 0 Å². The number of hydrogen-bond donors (Lipinski definition) is 2. The van der Waals surface area contributed by atoms with Crippen molar-refractivity contribution in [3.8, 4) is 0 Å². The summed E-state index contributed by atoms with van der Waals surface area (Å²) in [5.41, 5.74) is 1.21. The maximum absolute atomic E-state index is 11.2. The number of ether oxygens (including phenoxy) is 1. The van der Waals surface area contributed by atoms with Gasteiger partial charge < -0.3 is 20.1 Å². The van der Waals surface area contributed by atoms with E-state index in [9.17, 15) is 9.90 Å². The van der Waals surface area contributed by atoms with Crippen LogP contribution in [0.3, 0.4) is 0 Å². The molecule has 1 unspecified atom stereocenters. The first-order chi connectivity index (χ1) is 9.02. The topological polar surface area (TPSA) is 61.8 Å². The molecular formula is C14H20N2O3. The van der Waals surface area contributed by atoms with Gasteiger partial charge in [-0.15, -0.1) is 0 Å². The van der Waals surface area contributed by atoms with Crippen molar-refractivity contribution in [3.63, 3.8) is 0 Å². The Bertz CT molecular complexity index is 427. The summed E-state index contributed by atoms with van der Waals surface area (Å²) in [5.74, 6) is -0.377. The number of anilines is 1. The van der Waals surface area contributed by atoms with Gasteiger partial charge in [-0.1, -0.05) is 6.08 Å². The normalized spacial score (nSPS) is 12.7. The van der Waals surface area contributed by atoms with E-state index in [1.54, 1.807) is 30.3 Å². The number of hydrogen-bond acceptors (Lipinski definition) is 5. The number of carbonyl (C=O) groups is 1. The lowest BCUT2D eigenvalue weighted by atomic mass is 10.2. The lowest BCUT2D eigenvalue weighted by Gasteiger charge is -2.11. The molecule has 0 bridgehead atoms. The van der Waals surface area contributed by atoms with E-state index in [0.29, 0.717) is 5.56 Å². The zero-order valence-corrected chi connectivity index (χ0v) is 11.5. The van der Waals surface area contributed by atoms with Crippen molar-refractivity contribution >= 4 is 11.7 Å². The average molecular weight is 264 g/mol. The zero-order valence-electron chi connectivity index (χ0n) is 11.5. The summed E-state index contributed by atoms with van der Waals surface area (Å²) in [6, 6.07) is 6.72. The second kappa shape index (κ2) is 7.56. The summed E-state index contributed by atoms with van der Waals surface area (Å²) in [7, 11) is 5.25. The second-order valence-corrected chi connectivity index (χ2v) is 4.35. The molecule has 0 amide bonds. The van der Waals surface area contributed by atoms with Gasteiger partial charge in [0.1, 0.15) is 6.23 Å². The van der Waals surface area contributed by atoms with E-state index < -0.39 is 6.23 Å². The predicted molar refractivity (Wildman–Crippen MR) is 75.1 cm³/mol. The Hall–Kier alpha value is -1.85. The highest BCUT2D eigenvalue weighted by molar-refractivity contribution is 5.89. The molecule has 0 radical (unpaired) electrons. The minimum absolute atomic E-state index is 0.377. The summed E-state index contributed by atoms with van der Waals surface area (Å²) in [6.45, 7) is 0.764. The van der Waals surface area contributed by atoms with Crippen molar-refractivity contribution in [3.05, 3.63) is 42.0 Å². The SMILES string of the molecule is COC(=O)c1ccc(NC(O)/C=C/CN(C)C)cc1. The van der Waals surface area contributed by atoms with Crippen molar-refractivity contribution in [2.45, 2.75) is 6.23 Å². The third-order valence-electron chi connectivity index (χ3n) is 2.41. The molecule has 104 valence electrons. The first-order valence-corrected chi connectivity index (χ1v) is 5.97. The Morgan fingerprint density at radius 3 is 2.58 bits per heavy atom. The number of nitrogens with zero attached hydrogens (tertiary/aromatic N) is 1. The molecule has 5 nitrogen and oxygen atoms in total. The van der Waals surface area contributed by atoms with E-state index >= 15 is 0 Å². The second-order valence-electron chi connectivity index (χ2n) is 4.35. The number of aliphatic hydroxyl groups excluding tert-OH is 1. The molecular weight excluding hydrogens is 244 g/mol. The summed E-state index contributed by atoms with van der Waals surface area (Å²) in [5, 5.41) is 12.6. The standard InChI is InChI=1S/C14H20N2O3/c1-16(2)10-4-5-13(17)15-12-8-6-11(7-9-12)14(18)19-3/h4-9,13,15,17H,10H2,1-3H3/b5-4+. The summed E-state index contributed by atoms with van der Waals surface area (Å²) in [6.07, 6.45) is 2.79.